The van der Waals surface area contributed by atoms with Crippen molar-refractivity contribution in [2.24, 2.45) is 0 Å². The summed E-state index contributed by atoms with van der Waals surface area (Å²) in [5.41, 5.74) is 2.16. The minimum Gasteiger partial charge on any atom is -0.465 e. The van der Waals surface area contributed by atoms with E-state index in [9.17, 15) is 9.59 Å². The molecule has 20 heavy (non-hydrogen) atoms. The topological polar surface area (TPSA) is 47.2 Å². The fraction of sp³-hybridized carbons (Fsp3) is 0.188. The summed E-state index contributed by atoms with van der Waals surface area (Å²) in [7, 11) is 1.36. The Morgan fingerprint density at radius 3 is 2.60 bits per heavy atom. The highest BCUT2D eigenvalue weighted by Gasteiger charge is 2.10. The van der Waals surface area contributed by atoms with Gasteiger partial charge in [0.25, 0.3) is 0 Å². The first-order valence-corrected chi connectivity index (χ1v) is 6.27. The van der Waals surface area contributed by atoms with Crippen molar-refractivity contribution >= 4 is 11.8 Å². The Morgan fingerprint density at radius 1 is 1.15 bits per heavy atom. The molecule has 0 aliphatic carbocycles. The van der Waals surface area contributed by atoms with E-state index in [1.165, 1.54) is 14.0 Å². The molecule has 0 fully saturated rings. The molecule has 0 spiro atoms. The Balaban J connectivity index is 2.24. The molecule has 1 heterocycles. The van der Waals surface area contributed by atoms with Crippen molar-refractivity contribution < 1.29 is 18.9 Å². The minimum atomic E-state index is -0.352. The molecule has 0 aliphatic rings. The molecule has 4 heteroatoms. The van der Waals surface area contributed by atoms with Gasteiger partial charge in [-0.15, -0.1) is 0 Å². The summed E-state index contributed by atoms with van der Waals surface area (Å²) in [6, 6.07) is 10.9. The van der Waals surface area contributed by atoms with Crippen LogP contribution in [-0.4, -0.2) is 18.9 Å². The summed E-state index contributed by atoms with van der Waals surface area (Å²) >= 11 is 0. The highest BCUT2D eigenvalue weighted by atomic mass is 16.5. The first-order valence-electron chi connectivity index (χ1n) is 6.27. The summed E-state index contributed by atoms with van der Waals surface area (Å²) in [5, 5.41) is 0. The standard InChI is InChI=1S/C16H16NO3/c1-12(18)15-7-4-8-17(11-15)10-13-5-3-6-14(9-13)16(19)20-2/h3-9,11H,10H2,1-2H3/q+1. The van der Waals surface area contributed by atoms with E-state index in [0.717, 1.165) is 5.56 Å². The number of rotatable bonds is 4. The summed E-state index contributed by atoms with van der Waals surface area (Å²) in [6.07, 6.45) is 3.68. The summed E-state index contributed by atoms with van der Waals surface area (Å²) < 4.78 is 6.61. The average molecular weight is 270 g/mol. The van der Waals surface area contributed by atoms with E-state index in [4.69, 9.17) is 4.74 Å². The number of carbonyl (C=O) groups excluding carboxylic acids is 2. The van der Waals surface area contributed by atoms with Crippen LogP contribution in [0.15, 0.2) is 48.8 Å². The van der Waals surface area contributed by atoms with E-state index in [0.29, 0.717) is 17.7 Å². The molecule has 0 aliphatic heterocycles. The second-order valence-electron chi connectivity index (χ2n) is 4.51. The van der Waals surface area contributed by atoms with Crippen LogP contribution in [0.3, 0.4) is 0 Å². The van der Waals surface area contributed by atoms with E-state index < -0.39 is 0 Å². The number of ether oxygens (including phenoxy) is 1. The van der Waals surface area contributed by atoms with Crippen molar-refractivity contribution in [3.05, 3.63) is 65.5 Å². The van der Waals surface area contributed by atoms with Gasteiger partial charge in [-0.2, -0.15) is 0 Å². The van der Waals surface area contributed by atoms with Crippen LogP contribution >= 0.6 is 0 Å². The van der Waals surface area contributed by atoms with Crippen LogP contribution in [-0.2, 0) is 11.3 Å². The molecule has 0 atom stereocenters. The fourth-order valence-electron chi connectivity index (χ4n) is 1.95. The third-order valence-corrected chi connectivity index (χ3v) is 2.98. The second-order valence-corrected chi connectivity index (χ2v) is 4.51. The number of aromatic nitrogens is 1. The number of methoxy groups -OCH3 is 1. The lowest BCUT2D eigenvalue weighted by Crippen LogP contribution is -2.34. The summed E-state index contributed by atoms with van der Waals surface area (Å²) in [6.45, 7) is 2.13. The number of hydrogen-bond donors (Lipinski definition) is 0. The van der Waals surface area contributed by atoms with E-state index in [2.05, 4.69) is 0 Å². The summed E-state index contributed by atoms with van der Waals surface area (Å²) in [4.78, 5) is 22.8. The van der Waals surface area contributed by atoms with Gasteiger partial charge in [0, 0.05) is 11.6 Å². The highest BCUT2D eigenvalue weighted by molar-refractivity contribution is 5.93. The molecule has 4 nitrogen and oxygen atoms in total. The van der Waals surface area contributed by atoms with Gasteiger partial charge in [0.2, 0.25) is 0 Å². The van der Waals surface area contributed by atoms with Crippen molar-refractivity contribution in [2.75, 3.05) is 7.11 Å². The molecule has 0 saturated carbocycles. The SMILES string of the molecule is COC(=O)c1cccc(C[n+]2cccc(C(C)=O)c2)c1. The number of pyridine rings is 1. The minimum absolute atomic E-state index is 0.0302. The van der Waals surface area contributed by atoms with Gasteiger partial charge in [0.1, 0.15) is 0 Å². The number of Topliss-reactive ketones (excluding diaryl/α,β-unsaturated/α-hetero) is 1. The van der Waals surface area contributed by atoms with Gasteiger partial charge in [0.15, 0.2) is 24.7 Å². The molecule has 0 bridgehead atoms. The number of hydrogen-bond acceptors (Lipinski definition) is 3. The molecule has 0 radical (unpaired) electrons. The van der Waals surface area contributed by atoms with E-state index in [1.54, 1.807) is 24.4 Å². The maximum atomic E-state index is 11.5. The Labute approximate surface area is 117 Å². The van der Waals surface area contributed by atoms with Crippen LogP contribution in [0.1, 0.15) is 33.2 Å². The molecule has 2 rings (SSSR count). The third kappa shape index (κ3) is 3.29. The van der Waals surface area contributed by atoms with Gasteiger partial charge < -0.3 is 4.74 Å². The quantitative estimate of drug-likeness (QED) is 0.485. The predicted molar refractivity (Wildman–Crippen MR) is 73.5 cm³/mol. The summed E-state index contributed by atoms with van der Waals surface area (Å²) in [5.74, 6) is -0.322. The van der Waals surface area contributed by atoms with Crippen LogP contribution in [0, 0.1) is 0 Å². The van der Waals surface area contributed by atoms with Gasteiger partial charge in [0.05, 0.1) is 18.2 Å². The van der Waals surface area contributed by atoms with Gasteiger partial charge in [-0.1, -0.05) is 12.1 Å². The van der Waals surface area contributed by atoms with Gasteiger partial charge in [-0.25, -0.2) is 9.36 Å². The van der Waals surface area contributed by atoms with Crippen LogP contribution in [0.4, 0.5) is 0 Å². The van der Waals surface area contributed by atoms with Crippen molar-refractivity contribution in [3.8, 4) is 0 Å². The zero-order valence-corrected chi connectivity index (χ0v) is 11.5. The molecule has 0 N–H and O–H groups in total. The Morgan fingerprint density at radius 2 is 1.90 bits per heavy atom. The molecule has 1 aromatic heterocycles. The first-order chi connectivity index (χ1) is 9.60. The highest BCUT2D eigenvalue weighted by Crippen LogP contribution is 2.06. The molecule has 1 aromatic carbocycles. The lowest BCUT2D eigenvalue weighted by atomic mass is 10.1. The molecule has 0 unspecified atom stereocenters. The molecule has 0 amide bonds. The van der Waals surface area contributed by atoms with Gasteiger partial charge in [-0.05, 0) is 25.1 Å². The van der Waals surface area contributed by atoms with Gasteiger partial charge >= 0.3 is 5.97 Å². The number of esters is 1. The number of carbonyl (C=O) groups is 2. The third-order valence-electron chi connectivity index (χ3n) is 2.98. The van der Waals surface area contributed by atoms with Crippen molar-refractivity contribution in [3.63, 3.8) is 0 Å². The maximum absolute atomic E-state index is 11.5. The zero-order chi connectivity index (χ0) is 14.5. The Bertz CT molecular complexity index is 650. The molecular weight excluding hydrogens is 254 g/mol. The first kappa shape index (κ1) is 13.9. The van der Waals surface area contributed by atoms with Crippen LogP contribution in [0.2, 0.25) is 0 Å². The normalized spacial score (nSPS) is 10.1. The Hall–Kier alpha value is -2.49. The number of nitrogens with zero attached hydrogens (tertiary/aromatic N) is 1. The lowest BCUT2D eigenvalue weighted by molar-refractivity contribution is -0.688. The van der Waals surface area contributed by atoms with E-state index in [1.807, 2.05) is 29.0 Å². The van der Waals surface area contributed by atoms with Crippen LogP contribution in [0.25, 0.3) is 0 Å². The maximum Gasteiger partial charge on any atom is 0.337 e. The molecule has 102 valence electrons. The van der Waals surface area contributed by atoms with Crippen molar-refractivity contribution in [1.29, 1.82) is 0 Å². The largest absolute Gasteiger partial charge is 0.465 e. The van der Waals surface area contributed by atoms with Gasteiger partial charge in [-0.3, -0.25) is 4.79 Å². The molecule has 0 saturated heterocycles. The molecular formula is C16H16NO3+. The predicted octanol–water partition coefficient (Wildman–Crippen LogP) is 2.01. The van der Waals surface area contributed by atoms with Crippen molar-refractivity contribution in [2.45, 2.75) is 13.5 Å². The second kappa shape index (κ2) is 6.10. The monoisotopic (exact) mass is 270 g/mol. The average Bonchev–Trinajstić information content (AvgIpc) is 2.47. The Kier molecular flexibility index (Phi) is 4.25. The fourth-order valence-corrected chi connectivity index (χ4v) is 1.95. The zero-order valence-electron chi connectivity index (χ0n) is 11.5. The molecule has 2 aromatic rings. The van der Waals surface area contributed by atoms with E-state index in [-0.39, 0.29) is 11.8 Å². The van der Waals surface area contributed by atoms with E-state index >= 15 is 0 Å². The number of ketones is 1. The van der Waals surface area contributed by atoms with Crippen molar-refractivity contribution in [1.82, 2.24) is 0 Å². The lowest BCUT2D eigenvalue weighted by Gasteiger charge is -2.02. The number of benzene rings is 1. The smallest absolute Gasteiger partial charge is 0.337 e. The van der Waals surface area contributed by atoms with Crippen LogP contribution < -0.4 is 4.57 Å². The van der Waals surface area contributed by atoms with Crippen LogP contribution in [0.5, 0.6) is 0 Å².